The first-order valence-electron chi connectivity index (χ1n) is 11.2. The molecule has 1 fully saturated rings. The Balaban J connectivity index is 1.17. The summed E-state index contributed by atoms with van der Waals surface area (Å²) in [5, 5.41) is 8.61. The van der Waals surface area contributed by atoms with Crippen molar-refractivity contribution in [3.05, 3.63) is 77.9 Å². The Labute approximate surface area is 197 Å². The molecule has 0 radical (unpaired) electrons. The molecule has 174 valence electrons. The van der Waals surface area contributed by atoms with Crippen molar-refractivity contribution in [2.24, 2.45) is 0 Å². The van der Waals surface area contributed by atoms with Gasteiger partial charge in [0.1, 0.15) is 5.75 Å². The number of benzene rings is 2. The molecular formula is C25H26N6O3. The second-order valence-electron chi connectivity index (χ2n) is 8.24. The maximum absolute atomic E-state index is 13.0. The fourth-order valence-corrected chi connectivity index (χ4v) is 4.03. The molecule has 4 aromatic rings. The van der Waals surface area contributed by atoms with E-state index in [1.807, 2.05) is 60.4 Å². The van der Waals surface area contributed by atoms with E-state index in [0.29, 0.717) is 37.0 Å². The Kier molecular flexibility index (Phi) is 6.09. The Hall–Kier alpha value is -3.98. The zero-order valence-corrected chi connectivity index (χ0v) is 19.2. The molecule has 9 nitrogen and oxygen atoms in total. The molecule has 0 spiro atoms. The number of carbonyl (C=O) groups is 1. The molecule has 1 aliphatic rings. The van der Waals surface area contributed by atoms with E-state index in [0.717, 1.165) is 35.7 Å². The zero-order valence-electron chi connectivity index (χ0n) is 19.2. The quantitative estimate of drug-likeness (QED) is 0.438. The number of piperazine rings is 1. The lowest BCUT2D eigenvalue weighted by Crippen LogP contribution is -2.48. The monoisotopic (exact) mass is 458 g/mol. The van der Waals surface area contributed by atoms with E-state index in [1.165, 1.54) is 0 Å². The molecule has 0 saturated carbocycles. The number of hydrogen-bond donors (Lipinski definition) is 0. The summed E-state index contributed by atoms with van der Waals surface area (Å²) in [5.41, 5.74) is 3.39. The molecule has 2 aromatic carbocycles. The van der Waals surface area contributed by atoms with Crippen LogP contribution in [0.25, 0.3) is 17.1 Å². The van der Waals surface area contributed by atoms with Crippen LogP contribution in [0.1, 0.15) is 21.9 Å². The molecule has 0 bridgehead atoms. The Morgan fingerprint density at radius 2 is 1.79 bits per heavy atom. The molecular weight excluding hydrogens is 432 g/mol. The molecule has 0 atom stereocenters. The lowest BCUT2D eigenvalue weighted by Gasteiger charge is -2.33. The van der Waals surface area contributed by atoms with E-state index >= 15 is 0 Å². The van der Waals surface area contributed by atoms with E-state index in [-0.39, 0.29) is 5.91 Å². The minimum Gasteiger partial charge on any atom is -0.497 e. The van der Waals surface area contributed by atoms with Crippen molar-refractivity contribution in [2.75, 3.05) is 33.3 Å². The van der Waals surface area contributed by atoms with Crippen LogP contribution >= 0.6 is 0 Å². The summed E-state index contributed by atoms with van der Waals surface area (Å²) in [6, 6.07) is 17.3. The minimum absolute atomic E-state index is 0.0634. The van der Waals surface area contributed by atoms with Crippen molar-refractivity contribution in [1.82, 2.24) is 29.7 Å². The molecule has 2 aromatic heterocycles. The SMILES string of the molecule is COc1ccc(-n2ccc(C(=O)N3CCN(Cc4nc(-c5ccccc5C)no4)CC3)n2)cc1. The van der Waals surface area contributed by atoms with Crippen LogP contribution in [-0.2, 0) is 6.54 Å². The minimum atomic E-state index is -0.0634. The average molecular weight is 459 g/mol. The molecule has 1 amide bonds. The second-order valence-corrected chi connectivity index (χ2v) is 8.24. The van der Waals surface area contributed by atoms with Crippen molar-refractivity contribution in [2.45, 2.75) is 13.5 Å². The predicted octanol–water partition coefficient (Wildman–Crippen LogP) is 3.20. The number of hydrogen-bond acceptors (Lipinski definition) is 7. The van der Waals surface area contributed by atoms with Crippen LogP contribution in [-0.4, -0.2) is 68.9 Å². The summed E-state index contributed by atoms with van der Waals surface area (Å²) in [5.74, 6) is 1.90. The van der Waals surface area contributed by atoms with Gasteiger partial charge >= 0.3 is 0 Å². The normalized spacial score (nSPS) is 14.4. The van der Waals surface area contributed by atoms with Gasteiger partial charge in [-0.3, -0.25) is 9.69 Å². The van der Waals surface area contributed by atoms with Gasteiger partial charge in [-0.1, -0.05) is 29.4 Å². The standard InChI is InChI=1S/C25H26N6O3/c1-18-5-3-4-6-21(18)24-26-23(34-28-24)17-29-13-15-30(16-14-29)25(32)22-11-12-31(27-22)19-7-9-20(33-2)10-8-19/h3-12H,13-17H2,1-2H3. The fourth-order valence-electron chi connectivity index (χ4n) is 4.03. The van der Waals surface area contributed by atoms with Gasteiger partial charge in [-0.15, -0.1) is 0 Å². The number of rotatable bonds is 6. The Bertz CT molecular complexity index is 1270. The fraction of sp³-hybridized carbons (Fsp3) is 0.280. The Morgan fingerprint density at radius 3 is 2.53 bits per heavy atom. The van der Waals surface area contributed by atoms with Gasteiger partial charge in [0, 0.05) is 37.9 Å². The van der Waals surface area contributed by atoms with E-state index < -0.39 is 0 Å². The lowest BCUT2D eigenvalue weighted by atomic mass is 10.1. The van der Waals surface area contributed by atoms with E-state index in [1.54, 1.807) is 24.1 Å². The van der Waals surface area contributed by atoms with Gasteiger partial charge in [-0.25, -0.2) is 4.68 Å². The maximum atomic E-state index is 13.0. The van der Waals surface area contributed by atoms with Crippen LogP contribution in [0.3, 0.4) is 0 Å². The molecule has 9 heteroatoms. The van der Waals surface area contributed by atoms with Gasteiger partial charge in [-0.05, 0) is 42.8 Å². The van der Waals surface area contributed by atoms with Crippen LogP contribution in [0.15, 0.2) is 65.3 Å². The zero-order chi connectivity index (χ0) is 23.5. The summed E-state index contributed by atoms with van der Waals surface area (Å²) in [7, 11) is 1.63. The third kappa shape index (κ3) is 4.55. The second kappa shape index (κ2) is 9.48. The van der Waals surface area contributed by atoms with Gasteiger partial charge in [0.2, 0.25) is 11.7 Å². The third-order valence-corrected chi connectivity index (χ3v) is 6.02. The van der Waals surface area contributed by atoms with Crippen molar-refractivity contribution in [3.8, 4) is 22.8 Å². The maximum Gasteiger partial charge on any atom is 0.274 e. The van der Waals surface area contributed by atoms with E-state index in [9.17, 15) is 4.79 Å². The van der Waals surface area contributed by atoms with Gasteiger partial charge in [0.05, 0.1) is 19.3 Å². The topological polar surface area (TPSA) is 89.5 Å². The molecule has 3 heterocycles. The first-order chi connectivity index (χ1) is 16.6. The summed E-state index contributed by atoms with van der Waals surface area (Å²) in [6.45, 7) is 5.29. The number of ether oxygens (including phenoxy) is 1. The number of amides is 1. The lowest BCUT2D eigenvalue weighted by molar-refractivity contribution is 0.0609. The van der Waals surface area contributed by atoms with Gasteiger partial charge in [-0.2, -0.15) is 10.1 Å². The first-order valence-corrected chi connectivity index (χ1v) is 11.2. The predicted molar refractivity (Wildman–Crippen MR) is 126 cm³/mol. The van der Waals surface area contributed by atoms with Crippen LogP contribution in [0.4, 0.5) is 0 Å². The number of aryl methyl sites for hydroxylation is 1. The van der Waals surface area contributed by atoms with Crippen molar-refractivity contribution in [3.63, 3.8) is 0 Å². The molecule has 34 heavy (non-hydrogen) atoms. The number of aromatic nitrogens is 4. The molecule has 5 rings (SSSR count). The summed E-state index contributed by atoms with van der Waals surface area (Å²) >= 11 is 0. The molecule has 0 N–H and O–H groups in total. The van der Waals surface area contributed by atoms with Gasteiger partial charge in [0.15, 0.2) is 5.69 Å². The van der Waals surface area contributed by atoms with Gasteiger partial charge in [0.25, 0.3) is 5.91 Å². The van der Waals surface area contributed by atoms with Gasteiger partial charge < -0.3 is 14.2 Å². The molecule has 0 aliphatic carbocycles. The smallest absolute Gasteiger partial charge is 0.274 e. The van der Waals surface area contributed by atoms with E-state index in [4.69, 9.17) is 9.26 Å². The van der Waals surface area contributed by atoms with Crippen LogP contribution in [0.5, 0.6) is 5.75 Å². The number of methoxy groups -OCH3 is 1. The first kappa shape index (κ1) is 21.8. The number of carbonyl (C=O) groups excluding carboxylic acids is 1. The summed E-state index contributed by atoms with van der Waals surface area (Å²) < 4.78 is 12.4. The highest BCUT2D eigenvalue weighted by molar-refractivity contribution is 5.92. The van der Waals surface area contributed by atoms with Crippen molar-refractivity contribution >= 4 is 5.91 Å². The van der Waals surface area contributed by atoms with E-state index in [2.05, 4.69) is 20.1 Å². The highest BCUT2D eigenvalue weighted by Gasteiger charge is 2.25. The highest BCUT2D eigenvalue weighted by Crippen LogP contribution is 2.21. The van der Waals surface area contributed by atoms with Crippen molar-refractivity contribution < 1.29 is 14.1 Å². The largest absolute Gasteiger partial charge is 0.497 e. The van der Waals surface area contributed by atoms with Crippen LogP contribution in [0.2, 0.25) is 0 Å². The highest BCUT2D eigenvalue weighted by atomic mass is 16.5. The van der Waals surface area contributed by atoms with Crippen LogP contribution < -0.4 is 4.74 Å². The summed E-state index contributed by atoms with van der Waals surface area (Å²) in [4.78, 5) is 21.6. The molecule has 1 aliphatic heterocycles. The third-order valence-electron chi connectivity index (χ3n) is 6.02. The van der Waals surface area contributed by atoms with Crippen LogP contribution in [0, 0.1) is 6.92 Å². The Morgan fingerprint density at radius 1 is 1.03 bits per heavy atom. The average Bonchev–Trinajstić information content (AvgIpc) is 3.55. The summed E-state index contributed by atoms with van der Waals surface area (Å²) in [6.07, 6.45) is 1.80. The molecule has 0 unspecified atom stereocenters. The molecule has 1 saturated heterocycles. The number of nitrogens with zero attached hydrogens (tertiary/aromatic N) is 6. The van der Waals surface area contributed by atoms with Crippen molar-refractivity contribution in [1.29, 1.82) is 0 Å².